The molecule has 0 fully saturated rings. The summed E-state index contributed by atoms with van der Waals surface area (Å²) < 4.78 is 30.8. The number of aliphatic hydroxyl groups is 1. The molecule has 3 aromatic heterocycles. The Labute approximate surface area is 230 Å². The van der Waals surface area contributed by atoms with Gasteiger partial charge in [0.15, 0.2) is 5.60 Å². The van der Waals surface area contributed by atoms with Crippen molar-refractivity contribution in [3.63, 3.8) is 0 Å². The second-order valence-corrected chi connectivity index (χ2v) is 10.3. The van der Waals surface area contributed by atoms with Gasteiger partial charge in [0.25, 0.3) is 5.92 Å². The molecule has 0 saturated heterocycles. The summed E-state index contributed by atoms with van der Waals surface area (Å²) in [5.41, 5.74) is 3.09. The van der Waals surface area contributed by atoms with Gasteiger partial charge in [0, 0.05) is 44.1 Å². The second-order valence-electron chi connectivity index (χ2n) is 9.90. The Hall–Kier alpha value is -3.69. The zero-order valence-electron chi connectivity index (χ0n) is 22.4. The van der Waals surface area contributed by atoms with E-state index >= 15 is 0 Å². The van der Waals surface area contributed by atoms with Crippen molar-refractivity contribution in [1.82, 2.24) is 29.5 Å². The van der Waals surface area contributed by atoms with E-state index in [4.69, 9.17) is 16.6 Å². The molecule has 0 aliphatic carbocycles. The van der Waals surface area contributed by atoms with Crippen LogP contribution in [-0.2, 0) is 38.5 Å². The Morgan fingerprint density at radius 1 is 1.00 bits per heavy atom. The highest BCUT2D eigenvalue weighted by atomic mass is 35.5. The van der Waals surface area contributed by atoms with Crippen molar-refractivity contribution < 1.29 is 13.9 Å². The quantitative estimate of drug-likeness (QED) is 0.285. The topological polar surface area (TPSA) is 81.7 Å². The minimum atomic E-state index is -2.90. The number of rotatable bonds is 7. The largest absolute Gasteiger partial charge is 0.373 e. The molecule has 0 radical (unpaired) electrons. The maximum atomic E-state index is 13.7. The maximum absolute atomic E-state index is 13.7. The van der Waals surface area contributed by atoms with Crippen molar-refractivity contribution in [2.45, 2.75) is 45.1 Å². The Balaban J connectivity index is 1.67. The molecule has 0 aliphatic rings. The summed E-state index contributed by atoms with van der Waals surface area (Å²) in [6, 6.07) is 11.8. The molecule has 0 aliphatic heterocycles. The zero-order valence-corrected chi connectivity index (χ0v) is 23.1. The fourth-order valence-electron chi connectivity index (χ4n) is 5.01. The van der Waals surface area contributed by atoms with Crippen LogP contribution in [0.5, 0.6) is 0 Å². The summed E-state index contributed by atoms with van der Waals surface area (Å²) >= 11 is 7.05. The third-order valence-electron chi connectivity index (χ3n) is 7.37. The number of aryl methyl sites for hydroxylation is 3. The van der Waals surface area contributed by atoms with Gasteiger partial charge in [0.1, 0.15) is 11.5 Å². The lowest BCUT2D eigenvalue weighted by atomic mass is 9.86. The Morgan fingerprint density at radius 3 is 2.26 bits per heavy atom. The molecule has 1 atom stereocenters. The number of imidazole rings is 1. The van der Waals surface area contributed by atoms with Crippen LogP contribution in [0.25, 0.3) is 10.9 Å². The van der Waals surface area contributed by atoms with E-state index in [-0.39, 0.29) is 5.56 Å². The third-order valence-corrected chi connectivity index (χ3v) is 7.80. The summed E-state index contributed by atoms with van der Waals surface area (Å²) in [7, 11) is 3.56. The van der Waals surface area contributed by atoms with Gasteiger partial charge in [-0.25, -0.2) is 18.4 Å². The van der Waals surface area contributed by atoms with Crippen molar-refractivity contribution in [3.05, 3.63) is 105 Å². The molecule has 0 bridgehead atoms. The van der Waals surface area contributed by atoms with Crippen LogP contribution in [0.3, 0.4) is 0 Å². The normalized spacial score (nSPS) is 13.7. The van der Waals surface area contributed by atoms with Crippen LogP contribution in [0.15, 0.2) is 54.9 Å². The molecule has 5 rings (SSSR count). The standard InChI is InChI=1S/C29H29ClF2N6O/c1-6-23-21(13-18-7-9-19(10-8-18)28(3,31)32)27(30)22-14-20(11-12-24(22)35-23)29(39,26-16-34-36-38(26)5)25-15-33-17(2)37(25)4/h7-12,14-16,39H,6,13H2,1-5H3. The number of hydrogen-bond acceptors (Lipinski definition) is 5. The van der Waals surface area contributed by atoms with E-state index in [1.54, 1.807) is 25.4 Å². The Kier molecular flexibility index (Phi) is 6.76. The average Bonchev–Trinajstić information content (AvgIpc) is 3.50. The minimum absolute atomic E-state index is 0.0383. The fraction of sp³-hybridized carbons (Fsp3) is 0.310. The van der Waals surface area contributed by atoms with Crippen molar-refractivity contribution in [2.75, 3.05) is 0 Å². The van der Waals surface area contributed by atoms with Gasteiger partial charge in [-0.2, -0.15) is 0 Å². The maximum Gasteiger partial charge on any atom is 0.270 e. The van der Waals surface area contributed by atoms with E-state index in [1.165, 1.54) is 23.0 Å². The van der Waals surface area contributed by atoms with Gasteiger partial charge in [-0.1, -0.05) is 54.1 Å². The van der Waals surface area contributed by atoms with Crippen LogP contribution in [0.4, 0.5) is 8.78 Å². The highest BCUT2D eigenvalue weighted by Gasteiger charge is 2.40. The summed E-state index contributed by atoms with van der Waals surface area (Å²) in [6.07, 6.45) is 4.25. The van der Waals surface area contributed by atoms with Crippen molar-refractivity contribution in [3.8, 4) is 0 Å². The molecule has 7 nitrogen and oxygen atoms in total. The van der Waals surface area contributed by atoms with E-state index in [1.807, 2.05) is 43.7 Å². The molecule has 0 spiro atoms. The van der Waals surface area contributed by atoms with Gasteiger partial charge < -0.3 is 9.67 Å². The average molecular weight is 551 g/mol. The van der Waals surface area contributed by atoms with Gasteiger partial charge >= 0.3 is 0 Å². The van der Waals surface area contributed by atoms with E-state index in [0.29, 0.717) is 45.7 Å². The van der Waals surface area contributed by atoms with Crippen LogP contribution in [0.1, 0.15) is 59.0 Å². The minimum Gasteiger partial charge on any atom is -0.373 e. The molecule has 0 saturated carbocycles. The number of halogens is 3. The van der Waals surface area contributed by atoms with Gasteiger partial charge in [-0.3, -0.25) is 4.98 Å². The first kappa shape index (κ1) is 26.9. The number of pyridine rings is 1. The molecule has 10 heteroatoms. The first-order chi connectivity index (χ1) is 18.4. The second kappa shape index (κ2) is 9.81. The molecular formula is C29H29ClF2N6O. The predicted molar refractivity (Wildman–Crippen MR) is 146 cm³/mol. The molecule has 39 heavy (non-hydrogen) atoms. The smallest absolute Gasteiger partial charge is 0.270 e. The Morgan fingerprint density at radius 2 is 1.69 bits per heavy atom. The lowest BCUT2D eigenvalue weighted by molar-refractivity contribution is 0.0174. The number of aromatic nitrogens is 6. The van der Waals surface area contributed by atoms with Crippen LogP contribution in [0, 0.1) is 6.92 Å². The van der Waals surface area contributed by atoms with E-state index in [0.717, 1.165) is 29.6 Å². The lowest BCUT2D eigenvalue weighted by Gasteiger charge is -2.29. The van der Waals surface area contributed by atoms with Crippen molar-refractivity contribution >= 4 is 22.5 Å². The SMILES string of the molecule is CCc1nc2ccc(C(O)(c3cnnn3C)c3cnc(C)n3C)cc2c(Cl)c1Cc1ccc(C(C)(F)F)cc1. The molecule has 0 amide bonds. The number of nitrogens with zero attached hydrogens (tertiary/aromatic N) is 6. The first-order valence-corrected chi connectivity index (χ1v) is 13.0. The molecule has 3 heterocycles. The van der Waals surface area contributed by atoms with Crippen molar-refractivity contribution in [2.24, 2.45) is 14.1 Å². The molecular weight excluding hydrogens is 522 g/mol. The number of fused-ring (bicyclic) bond motifs is 1. The summed E-state index contributed by atoms with van der Waals surface area (Å²) in [5, 5.41) is 21.6. The number of benzene rings is 2. The van der Waals surface area contributed by atoms with Gasteiger partial charge in [-0.05, 0) is 42.2 Å². The highest BCUT2D eigenvalue weighted by Crippen LogP contribution is 2.39. The van der Waals surface area contributed by atoms with Crippen molar-refractivity contribution in [1.29, 1.82) is 0 Å². The first-order valence-electron chi connectivity index (χ1n) is 12.6. The predicted octanol–water partition coefficient (Wildman–Crippen LogP) is 5.61. The van der Waals surface area contributed by atoms with Gasteiger partial charge in [0.2, 0.25) is 0 Å². The van der Waals surface area contributed by atoms with E-state index in [2.05, 4.69) is 15.3 Å². The Bertz CT molecular complexity index is 1670. The van der Waals surface area contributed by atoms with E-state index < -0.39 is 11.5 Å². The summed E-state index contributed by atoms with van der Waals surface area (Å²) in [5.74, 6) is -2.17. The van der Waals surface area contributed by atoms with Gasteiger partial charge in [-0.15, -0.1) is 5.10 Å². The molecule has 202 valence electrons. The third kappa shape index (κ3) is 4.59. The summed E-state index contributed by atoms with van der Waals surface area (Å²) in [6.45, 7) is 4.75. The molecule has 1 unspecified atom stereocenters. The highest BCUT2D eigenvalue weighted by molar-refractivity contribution is 6.36. The van der Waals surface area contributed by atoms with Gasteiger partial charge in [0.05, 0.1) is 28.6 Å². The molecule has 5 aromatic rings. The van der Waals surface area contributed by atoms with Crippen LogP contribution in [-0.4, -0.2) is 34.6 Å². The number of alkyl halides is 2. The monoisotopic (exact) mass is 550 g/mol. The van der Waals surface area contributed by atoms with Crippen LogP contribution >= 0.6 is 11.6 Å². The zero-order chi connectivity index (χ0) is 28.1. The van der Waals surface area contributed by atoms with Crippen LogP contribution < -0.4 is 0 Å². The van der Waals surface area contributed by atoms with Crippen LogP contribution in [0.2, 0.25) is 5.02 Å². The fourth-order valence-corrected chi connectivity index (χ4v) is 5.34. The van der Waals surface area contributed by atoms with E-state index in [9.17, 15) is 13.9 Å². The number of hydrogen-bond donors (Lipinski definition) is 1. The summed E-state index contributed by atoms with van der Waals surface area (Å²) in [4.78, 5) is 9.27. The molecule has 1 N–H and O–H groups in total. The lowest BCUT2D eigenvalue weighted by Crippen LogP contribution is -2.33. The molecule has 2 aromatic carbocycles.